The Labute approximate surface area is 96.5 Å². The lowest BCUT2D eigenvalue weighted by Gasteiger charge is -2.20. The fraction of sp³-hybridized carbons (Fsp3) is 0.267. The Kier molecular flexibility index (Phi) is 2.44. The third-order valence-electron chi connectivity index (χ3n) is 2.88. The first-order chi connectivity index (χ1) is 7.54. The normalized spacial score (nSPS) is 11.4. The van der Waals surface area contributed by atoms with E-state index in [1.165, 1.54) is 5.56 Å². The lowest BCUT2D eigenvalue weighted by atomic mass is 9.83. The molecule has 0 aliphatic carbocycles. The first-order valence-electron chi connectivity index (χ1n) is 5.39. The van der Waals surface area contributed by atoms with Crippen molar-refractivity contribution in [1.82, 2.24) is 4.98 Å². The number of pyridine rings is 1. The predicted molar refractivity (Wildman–Crippen MR) is 68.3 cm³/mol. The van der Waals surface area contributed by atoms with Crippen LogP contribution >= 0.6 is 0 Å². The Hall–Kier alpha value is -1.81. The molecule has 0 aliphatic rings. The Balaban J connectivity index is 2.84. The molecule has 2 aromatic rings. The van der Waals surface area contributed by atoms with Gasteiger partial charge in [-0.3, -0.25) is 4.98 Å². The van der Waals surface area contributed by atoms with Crippen LogP contribution in [0.2, 0.25) is 0 Å². The summed E-state index contributed by atoms with van der Waals surface area (Å²) in [5, 5.41) is 1.15. The van der Waals surface area contributed by atoms with Crippen molar-refractivity contribution in [3.63, 3.8) is 0 Å². The molecule has 0 saturated carbocycles. The maximum Gasteiger partial charge on any atom is 0.0708 e. The van der Waals surface area contributed by atoms with Crippen molar-refractivity contribution in [1.29, 1.82) is 0 Å². The van der Waals surface area contributed by atoms with Crippen LogP contribution in [0.3, 0.4) is 0 Å². The summed E-state index contributed by atoms with van der Waals surface area (Å²) < 4.78 is 0. The molecule has 1 aromatic heterocycles. The molecule has 0 aliphatic heterocycles. The fourth-order valence-electron chi connectivity index (χ4n) is 1.90. The van der Waals surface area contributed by atoms with E-state index < -0.39 is 0 Å². The summed E-state index contributed by atoms with van der Waals surface area (Å²) in [6.45, 7) is 6.13. The zero-order valence-electron chi connectivity index (χ0n) is 9.91. The Morgan fingerprint density at radius 2 is 1.94 bits per heavy atom. The van der Waals surface area contributed by atoms with Crippen LogP contribution in [0.15, 0.2) is 30.3 Å². The van der Waals surface area contributed by atoms with Gasteiger partial charge < -0.3 is 0 Å². The largest absolute Gasteiger partial charge is 0.253 e. The molecule has 1 aromatic carbocycles. The van der Waals surface area contributed by atoms with Crippen LogP contribution < -0.4 is 0 Å². The minimum absolute atomic E-state index is 0.257. The molecule has 0 saturated heterocycles. The number of benzene rings is 1. The summed E-state index contributed by atoms with van der Waals surface area (Å²) in [6, 6.07) is 10.2. The zero-order valence-corrected chi connectivity index (χ0v) is 9.91. The summed E-state index contributed by atoms with van der Waals surface area (Å²) in [5.74, 6) is 2.85. The highest BCUT2D eigenvalue weighted by Crippen LogP contribution is 2.29. The Bertz CT molecular complexity index is 573. The summed E-state index contributed by atoms with van der Waals surface area (Å²) in [5.41, 5.74) is 2.95. The van der Waals surface area contributed by atoms with Gasteiger partial charge in [-0.1, -0.05) is 24.1 Å². The standard InChI is InChI=1S/C15H15N/c1-5-15(3,4)13-10-11(2)16-14-9-7-6-8-12(13)14/h1,6-10H,2-4H3. The topological polar surface area (TPSA) is 12.9 Å². The molecule has 1 heterocycles. The van der Waals surface area contributed by atoms with Gasteiger partial charge >= 0.3 is 0 Å². The van der Waals surface area contributed by atoms with Gasteiger partial charge in [0, 0.05) is 11.1 Å². The number of para-hydroxylation sites is 1. The maximum atomic E-state index is 5.61. The van der Waals surface area contributed by atoms with Gasteiger partial charge in [0.15, 0.2) is 0 Å². The second-order valence-corrected chi connectivity index (χ2v) is 4.60. The minimum atomic E-state index is -0.257. The SMILES string of the molecule is C#CC(C)(C)c1cc(C)nc2ccccc12. The van der Waals surface area contributed by atoms with Gasteiger partial charge in [0.25, 0.3) is 0 Å². The molecule has 80 valence electrons. The number of fused-ring (bicyclic) bond motifs is 1. The van der Waals surface area contributed by atoms with Gasteiger partial charge in [0.05, 0.1) is 10.9 Å². The average Bonchev–Trinajstić information content (AvgIpc) is 2.28. The highest BCUT2D eigenvalue weighted by Gasteiger charge is 2.20. The molecule has 2 rings (SSSR count). The van der Waals surface area contributed by atoms with Gasteiger partial charge in [0.1, 0.15) is 0 Å². The molecule has 0 spiro atoms. The molecule has 0 bridgehead atoms. The average molecular weight is 209 g/mol. The molecule has 0 unspecified atom stereocenters. The van der Waals surface area contributed by atoms with E-state index in [4.69, 9.17) is 6.42 Å². The summed E-state index contributed by atoms with van der Waals surface area (Å²) in [4.78, 5) is 4.52. The summed E-state index contributed by atoms with van der Waals surface area (Å²) in [7, 11) is 0. The second kappa shape index (κ2) is 3.64. The minimum Gasteiger partial charge on any atom is -0.253 e. The first kappa shape index (κ1) is 10.7. The van der Waals surface area contributed by atoms with Crippen LogP contribution in [0.5, 0.6) is 0 Å². The molecule has 1 nitrogen and oxygen atoms in total. The third kappa shape index (κ3) is 1.67. The Morgan fingerprint density at radius 3 is 2.62 bits per heavy atom. The van der Waals surface area contributed by atoms with Gasteiger partial charge in [-0.25, -0.2) is 0 Å². The van der Waals surface area contributed by atoms with E-state index in [0.717, 1.165) is 16.6 Å². The quantitative estimate of drug-likeness (QED) is 0.655. The molecule has 1 heteroatoms. The van der Waals surface area contributed by atoms with Crippen LogP contribution in [-0.4, -0.2) is 4.98 Å². The highest BCUT2D eigenvalue weighted by molar-refractivity contribution is 5.84. The van der Waals surface area contributed by atoms with Gasteiger partial charge in [-0.15, -0.1) is 6.42 Å². The van der Waals surface area contributed by atoms with Crippen molar-refractivity contribution in [2.75, 3.05) is 0 Å². The van der Waals surface area contributed by atoms with E-state index in [9.17, 15) is 0 Å². The van der Waals surface area contributed by atoms with Crippen LogP contribution in [0, 0.1) is 19.3 Å². The lowest BCUT2D eigenvalue weighted by molar-refractivity contribution is 0.704. The van der Waals surface area contributed by atoms with Crippen molar-refractivity contribution in [3.8, 4) is 12.3 Å². The molecule has 0 radical (unpaired) electrons. The van der Waals surface area contributed by atoms with Crippen molar-refractivity contribution in [2.45, 2.75) is 26.2 Å². The van der Waals surface area contributed by atoms with Gasteiger partial charge in [0.2, 0.25) is 0 Å². The lowest BCUT2D eigenvalue weighted by Crippen LogP contribution is -2.15. The number of aromatic nitrogens is 1. The summed E-state index contributed by atoms with van der Waals surface area (Å²) in [6.07, 6.45) is 5.61. The van der Waals surface area contributed by atoms with E-state index in [-0.39, 0.29) is 5.41 Å². The number of hydrogen-bond donors (Lipinski definition) is 0. The van der Waals surface area contributed by atoms with Crippen molar-refractivity contribution >= 4 is 10.9 Å². The van der Waals surface area contributed by atoms with Crippen LogP contribution in [0.4, 0.5) is 0 Å². The molecule has 0 amide bonds. The molecular formula is C15H15N. The van der Waals surface area contributed by atoms with E-state index in [0.29, 0.717) is 0 Å². The van der Waals surface area contributed by atoms with Gasteiger partial charge in [-0.05, 0) is 38.5 Å². The molecular weight excluding hydrogens is 194 g/mol. The number of rotatable bonds is 1. The van der Waals surface area contributed by atoms with Crippen molar-refractivity contribution in [2.24, 2.45) is 0 Å². The monoisotopic (exact) mass is 209 g/mol. The van der Waals surface area contributed by atoms with E-state index in [1.54, 1.807) is 0 Å². The highest BCUT2D eigenvalue weighted by atomic mass is 14.7. The van der Waals surface area contributed by atoms with Crippen LogP contribution in [-0.2, 0) is 5.41 Å². The molecule has 0 atom stereocenters. The first-order valence-corrected chi connectivity index (χ1v) is 5.39. The van der Waals surface area contributed by atoms with E-state index in [2.05, 4.69) is 36.9 Å². The number of aryl methyl sites for hydroxylation is 1. The van der Waals surface area contributed by atoms with Crippen LogP contribution in [0.1, 0.15) is 25.1 Å². The number of nitrogens with zero attached hydrogens (tertiary/aromatic N) is 1. The molecule has 0 N–H and O–H groups in total. The second-order valence-electron chi connectivity index (χ2n) is 4.60. The van der Waals surface area contributed by atoms with E-state index in [1.807, 2.05) is 25.1 Å². The molecule has 16 heavy (non-hydrogen) atoms. The Morgan fingerprint density at radius 1 is 1.25 bits per heavy atom. The third-order valence-corrected chi connectivity index (χ3v) is 2.88. The summed E-state index contributed by atoms with van der Waals surface area (Å²) >= 11 is 0. The van der Waals surface area contributed by atoms with Crippen LogP contribution in [0.25, 0.3) is 10.9 Å². The zero-order chi connectivity index (χ0) is 11.8. The maximum absolute atomic E-state index is 5.61. The number of terminal acetylenes is 1. The van der Waals surface area contributed by atoms with Crippen molar-refractivity contribution < 1.29 is 0 Å². The number of hydrogen-bond acceptors (Lipinski definition) is 1. The fourth-order valence-corrected chi connectivity index (χ4v) is 1.90. The van der Waals surface area contributed by atoms with Crippen molar-refractivity contribution in [3.05, 3.63) is 41.6 Å². The van der Waals surface area contributed by atoms with E-state index >= 15 is 0 Å². The predicted octanol–water partition coefficient (Wildman–Crippen LogP) is 3.45. The van der Waals surface area contributed by atoms with Gasteiger partial charge in [-0.2, -0.15) is 0 Å². The smallest absolute Gasteiger partial charge is 0.0708 e. The molecule has 0 fully saturated rings.